The van der Waals surface area contributed by atoms with Crippen molar-refractivity contribution in [3.63, 3.8) is 0 Å². The number of benzene rings is 1. The maximum Gasteiger partial charge on any atom is 0.159 e. The Morgan fingerprint density at radius 1 is 1.10 bits per heavy atom. The number of halogens is 4. The molecule has 0 aliphatic rings. The highest BCUT2D eigenvalue weighted by Crippen LogP contribution is 2.37. The second-order valence-corrected chi connectivity index (χ2v) is 6.63. The molecule has 0 saturated carbocycles. The van der Waals surface area contributed by atoms with Crippen LogP contribution in [-0.2, 0) is 0 Å². The highest BCUT2D eigenvalue weighted by molar-refractivity contribution is 9.10. The summed E-state index contributed by atoms with van der Waals surface area (Å²) in [6.45, 7) is 1.95. The molecule has 20 heavy (non-hydrogen) atoms. The smallest absolute Gasteiger partial charge is 0.159 e. The van der Waals surface area contributed by atoms with Gasteiger partial charge in [0.25, 0.3) is 0 Å². The molecule has 2 heterocycles. The molecule has 0 saturated heterocycles. The van der Waals surface area contributed by atoms with Crippen LogP contribution >= 0.6 is 38.9 Å². The van der Waals surface area contributed by atoms with E-state index < -0.39 is 11.6 Å². The molecule has 0 bridgehead atoms. The molecule has 0 aliphatic heterocycles. The maximum absolute atomic E-state index is 13.5. The Bertz CT molecular complexity index is 815. The largest absolute Gasteiger partial charge is 0.204 e. The van der Waals surface area contributed by atoms with Crippen molar-refractivity contribution >= 4 is 49.6 Å². The number of aryl methyl sites for hydroxylation is 1. The minimum atomic E-state index is -0.957. The topological polar surface area (TPSA) is 25.8 Å². The third-order valence-corrected chi connectivity index (χ3v) is 5.29. The molecule has 0 amide bonds. The lowest BCUT2D eigenvalue weighted by molar-refractivity contribution is 0.511. The van der Waals surface area contributed by atoms with E-state index in [0.717, 1.165) is 26.4 Å². The molecule has 102 valence electrons. The Hall–Kier alpha value is -1.11. The molecule has 0 N–H and O–H groups in total. The van der Waals surface area contributed by atoms with Crippen LogP contribution in [0.25, 0.3) is 21.3 Å². The van der Waals surface area contributed by atoms with Gasteiger partial charge in [0.1, 0.15) is 5.69 Å². The fourth-order valence-corrected chi connectivity index (χ4v) is 3.60. The van der Waals surface area contributed by atoms with Gasteiger partial charge in [0, 0.05) is 20.1 Å². The second kappa shape index (κ2) is 5.02. The molecule has 3 aromatic rings. The van der Waals surface area contributed by atoms with Gasteiger partial charge in [-0.2, -0.15) is 0 Å². The third kappa shape index (κ3) is 2.21. The molecular formula is C13H6BrClF2N2S. The fraction of sp³-hybridized carbons (Fsp3) is 0.0769. The molecule has 2 aromatic heterocycles. The lowest BCUT2D eigenvalue weighted by atomic mass is 10.1. The highest BCUT2D eigenvalue weighted by atomic mass is 79.9. The Kier molecular flexibility index (Phi) is 3.48. The lowest BCUT2D eigenvalue weighted by Gasteiger charge is -2.05. The first-order valence-corrected chi connectivity index (χ1v) is 7.53. The summed E-state index contributed by atoms with van der Waals surface area (Å²) in [7, 11) is 0. The first-order valence-electron chi connectivity index (χ1n) is 5.54. The molecule has 1 aromatic carbocycles. The monoisotopic (exact) mass is 374 g/mol. The van der Waals surface area contributed by atoms with E-state index in [-0.39, 0.29) is 5.15 Å². The van der Waals surface area contributed by atoms with Gasteiger partial charge in [0.2, 0.25) is 0 Å². The molecular weight excluding hydrogens is 370 g/mol. The van der Waals surface area contributed by atoms with Crippen molar-refractivity contribution in [2.24, 2.45) is 0 Å². The molecule has 0 radical (unpaired) electrons. The molecule has 0 aliphatic carbocycles. The number of hydrogen-bond donors (Lipinski definition) is 0. The van der Waals surface area contributed by atoms with Gasteiger partial charge in [-0.1, -0.05) is 11.6 Å². The van der Waals surface area contributed by atoms with Crippen molar-refractivity contribution in [2.75, 3.05) is 0 Å². The second-order valence-electron chi connectivity index (χ2n) is 4.17. The number of fused-ring (bicyclic) bond motifs is 1. The highest BCUT2D eigenvalue weighted by Gasteiger charge is 2.16. The van der Waals surface area contributed by atoms with E-state index in [1.54, 1.807) is 0 Å². The molecule has 0 spiro atoms. The van der Waals surface area contributed by atoms with Crippen LogP contribution in [0.4, 0.5) is 8.78 Å². The van der Waals surface area contributed by atoms with Gasteiger partial charge in [0.15, 0.2) is 16.8 Å². The van der Waals surface area contributed by atoms with Gasteiger partial charge < -0.3 is 0 Å². The SMILES string of the molecule is Cc1sc(-c2nnc(Cl)c3cc(F)c(F)cc23)cc1Br. The predicted octanol–water partition coefficient (Wildman–Crippen LogP) is 5.36. The van der Waals surface area contributed by atoms with Gasteiger partial charge in [-0.05, 0) is 41.1 Å². The zero-order valence-corrected chi connectivity index (χ0v) is 13.2. The van der Waals surface area contributed by atoms with Crippen LogP contribution in [0.5, 0.6) is 0 Å². The van der Waals surface area contributed by atoms with E-state index in [1.807, 2.05) is 13.0 Å². The Labute approximate surface area is 130 Å². The quantitative estimate of drug-likeness (QED) is 0.572. The van der Waals surface area contributed by atoms with Crippen LogP contribution in [0.1, 0.15) is 4.88 Å². The van der Waals surface area contributed by atoms with E-state index in [2.05, 4.69) is 26.1 Å². The van der Waals surface area contributed by atoms with Crippen molar-refractivity contribution < 1.29 is 8.78 Å². The van der Waals surface area contributed by atoms with Crippen LogP contribution in [-0.4, -0.2) is 10.2 Å². The third-order valence-electron chi connectivity index (χ3n) is 2.87. The number of rotatable bonds is 1. The number of aromatic nitrogens is 2. The van der Waals surface area contributed by atoms with Crippen molar-refractivity contribution in [2.45, 2.75) is 6.92 Å². The Morgan fingerprint density at radius 2 is 1.75 bits per heavy atom. The average Bonchev–Trinajstić information content (AvgIpc) is 2.72. The fourth-order valence-electron chi connectivity index (χ4n) is 1.87. The summed E-state index contributed by atoms with van der Waals surface area (Å²) in [5.41, 5.74) is 0.488. The van der Waals surface area contributed by atoms with Crippen LogP contribution in [0.15, 0.2) is 22.7 Å². The summed E-state index contributed by atoms with van der Waals surface area (Å²) < 4.78 is 27.8. The van der Waals surface area contributed by atoms with E-state index in [4.69, 9.17) is 11.6 Å². The molecule has 2 nitrogen and oxygen atoms in total. The lowest BCUT2D eigenvalue weighted by Crippen LogP contribution is -1.93. The Balaban J connectivity index is 2.36. The molecule has 0 unspecified atom stereocenters. The van der Waals surface area contributed by atoms with Gasteiger partial charge >= 0.3 is 0 Å². The van der Waals surface area contributed by atoms with Crippen LogP contribution in [0.2, 0.25) is 5.15 Å². The van der Waals surface area contributed by atoms with Gasteiger partial charge in [-0.3, -0.25) is 0 Å². The van der Waals surface area contributed by atoms with Gasteiger partial charge in [-0.25, -0.2) is 8.78 Å². The molecule has 3 rings (SSSR count). The average molecular weight is 376 g/mol. The minimum absolute atomic E-state index is 0.0509. The van der Waals surface area contributed by atoms with E-state index >= 15 is 0 Å². The predicted molar refractivity (Wildman–Crippen MR) is 80.2 cm³/mol. The van der Waals surface area contributed by atoms with E-state index in [1.165, 1.54) is 11.3 Å². The number of nitrogens with zero attached hydrogens (tertiary/aromatic N) is 2. The normalized spacial score (nSPS) is 11.2. The zero-order valence-electron chi connectivity index (χ0n) is 10.0. The van der Waals surface area contributed by atoms with E-state index in [9.17, 15) is 8.78 Å². The first kappa shape index (κ1) is 13.9. The summed E-state index contributed by atoms with van der Waals surface area (Å²) in [5, 5.41) is 8.67. The summed E-state index contributed by atoms with van der Waals surface area (Å²) in [5.74, 6) is -1.89. The summed E-state index contributed by atoms with van der Waals surface area (Å²) >= 11 is 10.8. The summed E-state index contributed by atoms with van der Waals surface area (Å²) in [6.07, 6.45) is 0. The summed E-state index contributed by atoms with van der Waals surface area (Å²) in [4.78, 5) is 1.88. The first-order chi connectivity index (χ1) is 9.47. The summed E-state index contributed by atoms with van der Waals surface area (Å²) in [6, 6.07) is 4.02. The van der Waals surface area contributed by atoms with Crippen LogP contribution < -0.4 is 0 Å². The van der Waals surface area contributed by atoms with Crippen molar-refractivity contribution in [3.8, 4) is 10.6 Å². The number of hydrogen-bond acceptors (Lipinski definition) is 3. The molecule has 0 fully saturated rings. The zero-order chi connectivity index (χ0) is 14.4. The standard InChI is InChI=1S/C13H6BrClF2N2S/c1-5-8(14)4-11(20-5)12-6-2-9(16)10(17)3-7(6)13(15)19-18-12/h2-4H,1H3. The van der Waals surface area contributed by atoms with Gasteiger partial charge in [-0.15, -0.1) is 21.5 Å². The molecule has 0 atom stereocenters. The van der Waals surface area contributed by atoms with Crippen molar-refractivity contribution in [1.29, 1.82) is 0 Å². The van der Waals surface area contributed by atoms with Crippen molar-refractivity contribution in [3.05, 3.63) is 44.3 Å². The number of thiophene rings is 1. The van der Waals surface area contributed by atoms with Crippen LogP contribution in [0, 0.1) is 18.6 Å². The maximum atomic E-state index is 13.5. The molecule has 7 heteroatoms. The Morgan fingerprint density at radius 3 is 2.35 bits per heavy atom. The minimum Gasteiger partial charge on any atom is -0.204 e. The van der Waals surface area contributed by atoms with Crippen molar-refractivity contribution in [1.82, 2.24) is 10.2 Å². The van der Waals surface area contributed by atoms with Gasteiger partial charge in [0.05, 0.1) is 4.88 Å². The van der Waals surface area contributed by atoms with E-state index in [0.29, 0.717) is 16.5 Å². The van der Waals surface area contributed by atoms with Crippen LogP contribution in [0.3, 0.4) is 0 Å².